The van der Waals surface area contributed by atoms with Gasteiger partial charge < -0.3 is 22.1 Å². The van der Waals surface area contributed by atoms with E-state index in [-0.39, 0.29) is 12.3 Å². The van der Waals surface area contributed by atoms with Gasteiger partial charge in [0.1, 0.15) is 6.04 Å². The zero-order valence-electron chi connectivity index (χ0n) is 8.86. The second kappa shape index (κ2) is 5.45. The van der Waals surface area contributed by atoms with Crippen LogP contribution in [0.3, 0.4) is 0 Å². The third kappa shape index (κ3) is 3.50. The maximum Gasteiger partial charge on any atom is 0.242 e. The van der Waals surface area contributed by atoms with Gasteiger partial charge >= 0.3 is 0 Å². The van der Waals surface area contributed by atoms with Gasteiger partial charge in [0.2, 0.25) is 17.7 Å². The van der Waals surface area contributed by atoms with E-state index in [0.29, 0.717) is 13.0 Å². The largest absolute Gasteiger partial charge is 0.370 e. The summed E-state index contributed by atoms with van der Waals surface area (Å²) in [7, 11) is 0. The summed E-state index contributed by atoms with van der Waals surface area (Å²) in [6.45, 7) is 0.624. The molecule has 1 aliphatic rings. The molecule has 90 valence electrons. The quantitative estimate of drug-likeness (QED) is 0.427. The van der Waals surface area contributed by atoms with Crippen molar-refractivity contribution in [3.8, 4) is 0 Å². The Kier molecular flexibility index (Phi) is 4.24. The Morgan fingerprint density at radius 1 is 1.56 bits per heavy atom. The smallest absolute Gasteiger partial charge is 0.242 e. The van der Waals surface area contributed by atoms with E-state index in [1.165, 1.54) is 0 Å². The third-order valence-corrected chi connectivity index (χ3v) is 2.36. The molecule has 7 nitrogen and oxygen atoms in total. The summed E-state index contributed by atoms with van der Waals surface area (Å²) in [5.41, 5.74) is 10.3. The number of carbonyl (C=O) groups is 3. The fourth-order valence-corrected chi connectivity index (χ4v) is 1.50. The molecule has 0 aromatic heterocycles. The Morgan fingerprint density at radius 3 is 2.81 bits per heavy atom. The lowest BCUT2D eigenvalue weighted by molar-refractivity contribution is -0.131. The average molecular weight is 228 g/mol. The SMILES string of the molecule is NC(=O)CC(N)C(=O)NC1CCCNC1=O. The van der Waals surface area contributed by atoms with Crippen LogP contribution in [0.1, 0.15) is 19.3 Å². The molecule has 0 aromatic rings. The van der Waals surface area contributed by atoms with E-state index in [1.807, 2.05) is 0 Å². The first-order valence-electron chi connectivity index (χ1n) is 5.12. The van der Waals surface area contributed by atoms with Gasteiger partial charge in [-0.25, -0.2) is 0 Å². The van der Waals surface area contributed by atoms with Gasteiger partial charge in [-0.15, -0.1) is 0 Å². The molecule has 0 spiro atoms. The summed E-state index contributed by atoms with van der Waals surface area (Å²) < 4.78 is 0. The lowest BCUT2D eigenvalue weighted by atomic mass is 10.1. The van der Waals surface area contributed by atoms with Crippen molar-refractivity contribution in [3.05, 3.63) is 0 Å². The van der Waals surface area contributed by atoms with E-state index in [4.69, 9.17) is 11.5 Å². The van der Waals surface area contributed by atoms with E-state index in [9.17, 15) is 14.4 Å². The summed E-state index contributed by atoms with van der Waals surface area (Å²) in [6, 6.07) is -1.55. The van der Waals surface area contributed by atoms with Crippen LogP contribution in [-0.2, 0) is 14.4 Å². The Labute approximate surface area is 92.9 Å². The Hall–Kier alpha value is -1.63. The van der Waals surface area contributed by atoms with Crippen LogP contribution >= 0.6 is 0 Å². The van der Waals surface area contributed by atoms with Gasteiger partial charge in [0.05, 0.1) is 12.5 Å². The number of amides is 3. The number of nitrogens with two attached hydrogens (primary N) is 2. The van der Waals surface area contributed by atoms with Crippen LogP contribution in [-0.4, -0.2) is 36.3 Å². The van der Waals surface area contributed by atoms with E-state index in [0.717, 1.165) is 6.42 Å². The van der Waals surface area contributed by atoms with Crippen LogP contribution in [0.25, 0.3) is 0 Å². The number of hydrogen-bond acceptors (Lipinski definition) is 4. The summed E-state index contributed by atoms with van der Waals surface area (Å²) in [4.78, 5) is 33.3. The number of primary amides is 1. The highest BCUT2D eigenvalue weighted by atomic mass is 16.2. The van der Waals surface area contributed by atoms with Crippen LogP contribution in [0.4, 0.5) is 0 Å². The minimum atomic E-state index is -0.993. The predicted molar refractivity (Wildman–Crippen MR) is 56.0 cm³/mol. The van der Waals surface area contributed by atoms with Crippen molar-refractivity contribution in [2.75, 3.05) is 6.54 Å². The van der Waals surface area contributed by atoms with E-state index in [2.05, 4.69) is 10.6 Å². The molecule has 1 rings (SSSR count). The maximum atomic E-state index is 11.5. The second-order valence-corrected chi connectivity index (χ2v) is 3.77. The first-order valence-corrected chi connectivity index (χ1v) is 5.12. The summed E-state index contributed by atoms with van der Waals surface area (Å²) in [5, 5.41) is 5.12. The summed E-state index contributed by atoms with van der Waals surface area (Å²) in [5.74, 6) is -1.39. The zero-order valence-corrected chi connectivity index (χ0v) is 8.86. The lowest BCUT2D eigenvalue weighted by Crippen LogP contribution is -2.54. The highest BCUT2D eigenvalue weighted by Gasteiger charge is 2.26. The maximum absolute atomic E-state index is 11.5. The molecule has 0 aliphatic carbocycles. The first kappa shape index (κ1) is 12.4. The molecule has 0 aromatic carbocycles. The number of carbonyl (C=O) groups excluding carboxylic acids is 3. The minimum Gasteiger partial charge on any atom is -0.370 e. The van der Waals surface area contributed by atoms with Crippen molar-refractivity contribution < 1.29 is 14.4 Å². The van der Waals surface area contributed by atoms with Gasteiger partial charge in [-0.1, -0.05) is 0 Å². The monoisotopic (exact) mass is 228 g/mol. The van der Waals surface area contributed by atoms with E-state index in [1.54, 1.807) is 0 Å². The molecule has 1 saturated heterocycles. The van der Waals surface area contributed by atoms with Gasteiger partial charge in [-0.05, 0) is 12.8 Å². The standard InChI is InChI=1S/C9H16N4O3/c10-5(4-7(11)14)8(15)13-6-2-1-3-12-9(6)16/h5-6H,1-4,10H2,(H2,11,14)(H,12,16)(H,13,15). The van der Waals surface area contributed by atoms with Crippen molar-refractivity contribution >= 4 is 17.7 Å². The summed E-state index contributed by atoms with van der Waals surface area (Å²) >= 11 is 0. The molecular formula is C9H16N4O3. The Bertz CT molecular complexity index is 305. The van der Waals surface area contributed by atoms with Crippen molar-refractivity contribution in [3.63, 3.8) is 0 Å². The molecule has 0 saturated carbocycles. The average Bonchev–Trinajstić information content (AvgIpc) is 2.20. The molecule has 0 bridgehead atoms. The van der Waals surface area contributed by atoms with Crippen LogP contribution in [0.2, 0.25) is 0 Å². The third-order valence-electron chi connectivity index (χ3n) is 2.36. The van der Waals surface area contributed by atoms with Gasteiger partial charge in [0, 0.05) is 6.54 Å². The number of hydrogen-bond donors (Lipinski definition) is 4. The van der Waals surface area contributed by atoms with Crippen LogP contribution < -0.4 is 22.1 Å². The number of piperidine rings is 1. The van der Waals surface area contributed by atoms with Crippen LogP contribution in [0.5, 0.6) is 0 Å². The second-order valence-electron chi connectivity index (χ2n) is 3.77. The molecule has 1 aliphatic heterocycles. The predicted octanol–water partition coefficient (Wildman–Crippen LogP) is -2.42. The number of rotatable bonds is 4. The van der Waals surface area contributed by atoms with Gasteiger partial charge in [-0.2, -0.15) is 0 Å². The molecule has 2 atom stereocenters. The topological polar surface area (TPSA) is 127 Å². The molecule has 16 heavy (non-hydrogen) atoms. The van der Waals surface area contributed by atoms with E-state index >= 15 is 0 Å². The lowest BCUT2D eigenvalue weighted by Gasteiger charge is -2.23. The molecule has 7 heteroatoms. The van der Waals surface area contributed by atoms with Crippen LogP contribution in [0.15, 0.2) is 0 Å². The normalized spacial score (nSPS) is 22.1. The molecule has 3 amide bonds. The van der Waals surface area contributed by atoms with Crippen molar-refractivity contribution in [2.24, 2.45) is 11.5 Å². The highest BCUT2D eigenvalue weighted by Crippen LogP contribution is 2.03. The van der Waals surface area contributed by atoms with Gasteiger partial charge in [0.15, 0.2) is 0 Å². The van der Waals surface area contributed by atoms with E-state index < -0.39 is 23.9 Å². The van der Waals surface area contributed by atoms with Crippen molar-refractivity contribution in [1.29, 1.82) is 0 Å². The fourth-order valence-electron chi connectivity index (χ4n) is 1.50. The zero-order chi connectivity index (χ0) is 12.1. The van der Waals surface area contributed by atoms with Gasteiger partial charge in [-0.3, -0.25) is 14.4 Å². The molecule has 6 N–H and O–H groups in total. The minimum absolute atomic E-state index is 0.217. The Balaban J connectivity index is 2.43. The summed E-state index contributed by atoms with van der Waals surface area (Å²) in [6.07, 6.45) is 1.17. The van der Waals surface area contributed by atoms with Crippen molar-refractivity contribution in [2.45, 2.75) is 31.3 Å². The molecule has 1 fully saturated rings. The first-order chi connectivity index (χ1) is 7.50. The molecule has 2 unspecified atom stereocenters. The van der Waals surface area contributed by atoms with Gasteiger partial charge in [0.25, 0.3) is 0 Å². The molecular weight excluding hydrogens is 212 g/mol. The number of nitrogens with one attached hydrogen (secondary N) is 2. The Morgan fingerprint density at radius 2 is 2.25 bits per heavy atom. The van der Waals surface area contributed by atoms with Crippen LogP contribution in [0, 0.1) is 0 Å². The highest BCUT2D eigenvalue weighted by molar-refractivity contribution is 5.92. The molecule has 1 heterocycles. The fraction of sp³-hybridized carbons (Fsp3) is 0.667. The molecule has 0 radical (unpaired) electrons. The van der Waals surface area contributed by atoms with Crippen molar-refractivity contribution in [1.82, 2.24) is 10.6 Å².